The Hall–Kier alpha value is -2.90. The highest BCUT2D eigenvalue weighted by atomic mass is 32.2. The molecule has 5 nitrogen and oxygen atoms in total. The van der Waals surface area contributed by atoms with E-state index in [1.165, 1.54) is 6.08 Å². The lowest BCUT2D eigenvalue weighted by atomic mass is 10.1. The second-order valence-corrected chi connectivity index (χ2v) is 8.54. The number of nitrogens with one attached hydrogen (secondary N) is 2. The van der Waals surface area contributed by atoms with Crippen LogP contribution in [-0.2, 0) is 4.79 Å². The van der Waals surface area contributed by atoms with Gasteiger partial charge in [0, 0.05) is 40.3 Å². The van der Waals surface area contributed by atoms with Crippen molar-refractivity contribution in [3.05, 3.63) is 76.3 Å². The molecule has 0 spiro atoms. The average molecular weight is 424 g/mol. The molecular weight excluding hydrogens is 402 g/mol. The number of carbonyl (C=O) groups is 2. The third-order valence-corrected chi connectivity index (χ3v) is 6.13. The van der Waals surface area contributed by atoms with Crippen molar-refractivity contribution in [1.29, 1.82) is 0 Å². The fourth-order valence-electron chi connectivity index (χ4n) is 2.56. The number of benzene rings is 2. The maximum absolute atomic E-state index is 12.3. The second kappa shape index (κ2) is 9.54. The van der Waals surface area contributed by atoms with Gasteiger partial charge in [-0.2, -0.15) is 0 Å². The molecular formula is C22H21N3O2S2. The zero-order valence-electron chi connectivity index (χ0n) is 16.4. The predicted molar refractivity (Wildman–Crippen MR) is 120 cm³/mol. The van der Waals surface area contributed by atoms with Gasteiger partial charge in [0.15, 0.2) is 4.34 Å². The van der Waals surface area contributed by atoms with E-state index in [9.17, 15) is 9.59 Å². The van der Waals surface area contributed by atoms with Crippen LogP contribution < -0.4 is 10.6 Å². The fourth-order valence-corrected chi connectivity index (χ4v) is 4.47. The molecule has 1 aromatic heterocycles. The first kappa shape index (κ1) is 20.8. The quantitative estimate of drug-likeness (QED) is 0.552. The Bertz CT molecular complexity index is 1060. The summed E-state index contributed by atoms with van der Waals surface area (Å²) in [6.45, 7) is 3.95. The molecule has 0 fully saturated rings. The molecule has 0 aliphatic rings. The Morgan fingerprint density at radius 1 is 1.10 bits per heavy atom. The van der Waals surface area contributed by atoms with Crippen molar-refractivity contribution >= 4 is 46.7 Å². The van der Waals surface area contributed by atoms with Crippen molar-refractivity contribution in [1.82, 2.24) is 10.3 Å². The van der Waals surface area contributed by atoms with Gasteiger partial charge in [-0.1, -0.05) is 23.9 Å². The SMILES string of the molecule is CNC(=O)c1ccc(/C=C/C(=O)Nc2ccc(Sc3nc(C)cs3)cc2C)cc1. The number of nitrogens with zero attached hydrogens (tertiary/aromatic N) is 1. The van der Waals surface area contributed by atoms with E-state index in [2.05, 4.69) is 15.6 Å². The summed E-state index contributed by atoms with van der Waals surface area (Å²) >= 11 is 3.24. The van der Waals surface area contributed by atoms with Gasteiger partial charge < -0.3 is 10.6 Å². The van der Waals surface area contributed by atoms with Crippen molar-refractivity contribution in [2.45, 2.75) is 23.1 Å². The zero-order valence-corrected chi connectivity index (χ0v) is 18.0. The lowest BCUT2D eigenvalue weighted by Crippen LogP contribution is -2.17. The normalized spacial score (nSPS) is 10.9. The first-order chi connectivity index (χ1) is 13.9. The Morgan fingerprint density at radius 2 is 1.86 bits per heavy atom. The van der Waals surface area contributed by atoms with Crippen LogP contribution >= 0.6 is 23.1 Å². The number of hydrogen-bond donors (Lipinski definition) is 2. The molecule has 3 aromatic rings. The van der Waals surface area contributed by atoms with E-state index in [1.54, 1.807) is 60.5 Å². The summed E-state index contributed by atoms with van der Waals surface area (Å²) in [4.78, 5) is 29.4. The minimum Gasteiger partial charge on any atom is -0.355 e. The summed E-state index contributed by atoms with van der Waals surface area (Å²) in [5.41, 5.74) is 4.20. The fraction of sp³-hybridized carbons (Fsp3) is 0.136. The van der Waals surface area contributed by atoms with Gasteiger partial charge in [0.25, 0.3) is 5.91 Å². The Kier molecular flexibility index (Phi) is 6.85. The van der Waals surface area contributed by atoms with Gasteiger partial charge >= 0.3 is 0 Å². The molecule has 0 unspecified atom stereocenters. The molecule has 0 saturated carbocycles. The van der Waals surface area contributed by atoms with Gasteiger partial charge in [-0.25, -0.2) is 4.98 Å². The van der Waals surface area contributed by atoms with Crippen LogP contribution in [0.15, 0.2) is 63.2 Å². The van der Waals surface area contributed by atoms with Crippen molar-refractivity contribution in [2.75, 3.05) is 12.4 Å². The monoisotopic (exact) mass is 423 g/mol. The lowest BCUT2D eigenvalue weighted by Gasteiger charge is -2.08. The Balaban J connectivity index is 1.61. The maximum atomic E-state index is 12.3. The van der Waals surface area contributed by atoms with Crippen LogP contribution in [0.25, 0.3) is 6.08 Å². The van der Waals surface area contributed by atoms with E-state index in [-0.39, 0.29) is 11.8 Å². The van der Waals surface area contributed by atoms with E-state index in [0.717, 1.165) is 31.7 Å². The number of rotatable bonds is 6. The van der Waals surface area contributed by atoms with E-state index < -0.39 is 0 Å². The number of amides is 2. The largest absolute Gasteiger partial charge is 0.355 e. The van der Waals surface area contributed by atoms with E-state index in [4.69, 9.17) is 0 Å². The molecule has 7 heteroatoms. The third-order valence-electron chi connectivity index (χ3n) is 4.09. The van der Waals surface area contributed by atoms with Crippen molar-refractivity contribution in [2.24, 2.45) is 0 Å². The van der Waals surface area contributed by atoms with Crippen molar-refractivity contribution in [3.63, 3.8) is 0 Å². The third kappa shape index (κ3) is 5.79. The first-order valence-electron chi connectivity index (χ1n) is 8.96. The Morgan fingerprint density at radius 3 is 2.48 bits per heavy atom. The van der Waals surface area contributed by atoms with Gasteiger partial charge in [0.05, 0.1) is 0 Å². The minimum atomic E-state index is -0.209. The van der Waals surface area contributed by atoms with Crippen LogP contribution in [0.4, 0.5) is 5.69 Å². The molecule has 2 amide bonds. The molecule has 2 N–H and O–H groups in total. The molecule has 29 heavy (non-hydrogen) atoms. The van der Waals surface area contributed by atoms with E-state index >= 15 is 0 Å². The van der Waals surface area contributed by atoms with Crippen LogP contribution in [0.2, 0.25) is 0 Å². The Labute approximate surface area is 178 Å². The lowest BCUT2D eigenvalue weighted by molar-refractivity contribution is -0.111. The smallest absolute Gasteiger partial charge is 0.251 e. The summed E-state index contributed by atoms with van der Waals surface area (Å²) < 4.78 is 1.00. The van der Waals surface area contributed by atoms with Crippen LogP contribution in [0.3, 0.4) is 0 Å². The summed E-state index contributed by atoms with van der Waals surface area (Å²) in [5.74, 6) is -0.347. The number of carbonyl (C=O) groups excluding carboxylic acids is 2. The molecule has 0 bridgehead atoms. The molecule has 148 valence electrons. The molecule has 1 heterocycles. The molecule has 0 saturated heterocycles. The maximum Gasteiger partial charge on any atom is 0.251 e. The van der Waals surface area contributed by atoms with Gasteiger partial charge in [0.1, 0.15) is 0 Å². The van der Waals surface area contributed by atoms with Crippen LogP contribution in [0.1, 0.15) is 27.2 Å². The van der Waals surface area contributed by atoms with Gasteiger partial charge in [-0.15, -0.1) is 11.3 Å². The van der Waals surface area contributed by atoms with E-state index in [0.29, 0.717) is 5.56 Å². The number of thiazole rings is 1. The molecule has 0 atom stereocenters. The van der Waals surface area contributed by atoms with E-state index in [1.807, 2.05) is 37.4 Å². The molecule has 0 radical (unpaired) electrons. The highest BCUT2D eigenvalue weighted by Crippen LogP contribution is 2.32. The molecule has 0 aliphatic heterocycles. The second-order valence-electron chi connectivity index (χ2n) is 6.36. The van der Waals surface area contributed by atoms with Gasteiger partial charge in [0.2, 0.25) is 5.91 Å². The number of anilines is 1. The average Bonchev–Trinajstić information content (AvgIpc) is 3.13. The minimum absolute atomic E-state index is 0.139. The number of aryl methyl sites for hydroxylation is 2. The van der Waals surface area contributed by atoms with Crippen molar-refractivity contribution in [3.8, 4) is 0 Å². The summed E-state index contributed by atoms with van der Waals surface area (Å²) in [6.07, 6.45) is 3.20. The highest BCUT2D eigenvalue weighted by molar-refractivity contribution is 8.01. The summed E-state index contributed by atoms with van der Waals surface area (Å²) in [6, 6.07) is 13.0. The van der Waals surface area contributed by atoms with Crippen LogP contribution in [0.5, 0.6) is 0 Å². The highest BCUT2D eigenvalue weighted by Gasteiger charge is 2.07. The van der Waals surface area contributed by atoms with Gasteiger partial charge in [-0.3, -0.25) is 9.59 Å². The molecule has 3 rings (SSSR count). The zero-order chi connectivity index (χ0) is 20.8. The number of hydrogen-bond acceptors (Lipinski definition) is 5. The predicted octanol–water partition coefficient (Wildman–Crippen LogP) is 4.92. The topological polar surface area (TPSA) is 71.1 Å². The summed E-state index contributed by atoms with van der Waals surface area (Å²) in [7, 11) is 1.59. The van der Waals surface area contributed by atoms with Crippen molar-refractivity contribution < 1.29 is 9.59 Å². The number of aromatic nitrogens is 1. The van der Waals surface area contributed by atoms with Gasteiger partial charge in [-0.05, 0) is 61.4 Å². The molecule has 0 aliphatic carbocycles. The molecule has 2 aromatic carbocycles. The first-order valence-corrected chi connectivity index (χ1v) is 10.7. The summed E-state index contributed by atoms with van der Waals surface area (Å²) in [5, 5.41) is 7.51. The standard InChI is InChI=1S/C22H21N3O2S2/c1-14-12-18(29-22-24-15(2)13-28-22)9-10-19(14)25-20(26)11-6-16-4-7-17(8-5-16)21(27)23-3/h4-13H,1-3H3,(H,23,27)(H,25,26)/b11-6+. The van der Waals surface area contributed by atoms with Crippen LogP contribution in [-0.4, -0.2) is 23.8 Å². The van der Waals surface area contributed by atoms with Crippen LogP contribution in [0, 0.1) is 13.8 Å².